The number of nitrogen functional groups attached to an aromatic ring is 1. The van der Waals surface area contributed by atoms with E-state index in [2.05, 4.69) is 69.7 Å². The monoisotopic (exact) mass is 1680 g/mol. The molecule has 0 aliphatic rings. The van der Waals surface area contributed by atoms with Gasteiger partial charge in [0.2, 0.25) is 23.8 Å². The van der Waals surface area contributed by atoms with E-state index in [9.17, 15) is 55.9 Å². The zero-order chi connectivity index (χ0) is 93.7. The zero-order valence-corrected chi connectivity index (χ0v) is 64.8. The first kappa shape index (κ1) is 80.0. The van der Waals surface area contributed by atoms with Gasteiger partial charge in [-0.2, -0.15) is 17.6 Å². The maximum absolute atomic E-state index is 13.6. The van der Waals surface area contributed by atoms with Crippen molar-refractivity contribution in [3.8, 4) is 0 Å². The van der Waals surface area contributed by atoms with Crippen LogP contribution in [0.5, 0.6) is 0 Å². The number of carboxylic acid groups (broad SMARTS) is 2. The lowest BCUT2D eigenvalue weighted by atomic mass is 10.0. The SMILES string of the molecule is COC(=O)c1ncc(CC(=O)Cc2cnc3cc(F)nn3c2[C@H](C)OC)cc1Cl.COC(=O)c1ncc(N)cc1Cl.CO[C@@H](C)c1c(C(=O)O)cnc2cc(F)nn12.CO[C@@H](C)c1c(CC(=O)Cc2cnc(C(=O)O)c(Cl)c2)cnc2cc(F)nn12.CO[C@@H](C)c1c(CC(=O)Cc2cnc(C(N)=O)c(Cl)c2)cnc2cc(F)nn12.[2HH].[2H][2H].[2H][2H].[2H][2H].[2H][2H].[2H][2H]. The van der Waals surface area contributed by atoms with Crippen LogP contribution >= 0.6 is 46.4 Å². The maximum Gasteiger partial charge on any atom is 0.358 e. The molecule has 34 nitrogen and oxygen atoms in total. The number of halogens is 8. The van der Waals surface area contributed by atoms with Crippen LogP contribution in [0.4, 0.5) is 23.2 Å². The maximum atomic E-state index is 13.6. The number of carboxylic acids is 2. The summed E-state index contributed by atoms with van der Waals surface area (Å²) in [6.07, 6.45) is 9.43. The third-order valence-electron chi connectivity index (χ3n) is 16.5. The van der Waals surface area contributed by atoms with Gasteiger partial charge in [-0.25, -0.2) is 77.1 Å². The predicted octanol–water partition coefficient (Wildman–Crippen LogP) is 11.4. The van der Waals surface area contributed by atoms with E-state index in [4.69, 9.17) is 102 Å². The number of esters is 2. The minimum Gasteiger partial charge on any atom is -0.478 e. The number of rotatable bonds is 25. The first-order chi connectivity index (χ1) is 59.1. The first-order valence-corrected chi connectivity index (χ1v) is 34.7. The zero-order valence-electron chi connectivity index (χ0n) is 71.7. The molecule has 1 amide bonds. The number of amides is 1. The molecule has 4 atom stereocenters. The van der Waals surface area contributed by atoms with Crippen LogP contribution < -0.4 is 11.5 Å². The molecule has 12 aromatic rings. The van der Waals surface area contributed by atoms with Crippen molar-refractivity contribution >= 4 is 122 Å². The fourth-order valence-electron chi connectivity index (χ4n) is 11.0. The number of hydrogen-bond donors (Lipinski definition) is 4. The number of primary amides is 1. The predicted molar refractivity (Wildman–Crippen MR) is 410 cm³/mol. The molecule has 610 valence electrons. The van der Waals surface area contributed by atoms with Crippen molar-refractivity contribution in [3.05, 3.63) is 226 Å². The molecule has 42 heteroatoms. The van der Waals surface area contributed by atoms with Crippen LogP contribution in [0.2, 0.25) is 20.1 Å². The Morgan fingerprint density at radius 3 is 0.982 bits per heavy atom. The Bertz CT molecular complexity index is 5520. The van der Waals surface area contributed by atoms with Gasteiger partial charge >= 0.3 is 23.9 Å². The van der Waals surface area contributed by atoms with Crippen molar-refractivity contribution in [1.82, 2.24) is 78.3 Å². The standard InChI is InChI=1S/C19H18ClFN4O4.C18H17ClFN5O3.C18H16ClFN4O4.C10H10FN3O3.C7H7ClN2O2.6H2/c1-10(28-2)18-12(9-22-16-7-15(21)24-25(16)18)6-13(26)4-11-5-14(20)17(23-8-11)19(27)29-3;1-9(28-2)17-11(8-22-15-6-14(20)24-25(15)17)5-12(26)3-10-4-13(19)16(18(21)27)23-7-10;1-9(28-2)17-11(8-21-15-6-14(20)23-24(15)17)5-12(25)3-10-4-13(19)16(18(26)27)22-7-10;1-5(17-2)9-6(10(15)16)4-12-8-3-7(11)13-14(8)9;1-12-7(11)6-5(8)2-4(9)3-10-6;;;;;;/h5,7-10H,4,6H2,1-3H3;4,6-9H,3,5H2,1-2H3,(H2,21,27);4,6-9H,3,5H2,1-2H3,(H,26,27);3-5H,1-2H3,(H,15,16);2-3H,9H2,1H3;6*1H/t10-;2*9-;5-;;;;;;;/m0000......./s1/i;;;;;5*1+1D;1+1. The minimum atomic E-state index is -1.24. The number of nitrogens with two attached hydrogens (primary N) is 2. The topological polar surface area (TPSA) is 457 Å². The lowest BCUT2D eigenvalue weighted by Crippen LogP contribution is -2.16. The smallest absolute Gasteiger partial charge is 0.358 e. The van der Waals surface area contributed by atoms with E-state index >= 15 is 0 Å². The number of pyridine rings is 4. The molecule has 0 bridgehead atoms. The average Bonchev–Trinajstić information content (AvgIpc) is 1.68. The molecular weight excluding hydrogens is 1590 g/mol. The number of carbonyl (C=O) groups excluding carboxylic acids is 6. The number of aromatic carboxylic acids is 2. The second-order valence-corrected chi connectivity index (χ2v) is 25.9. The summed E-state index contributed by atoms with van der Waals surface area (Å²) >= 11 is 23.6. The Balaban J connectivity index is 0.000000527. The number of anilines is 1. The van der Waals surface area contributed by atoms with Gasteiger partial charge in [0, 0.05) is 168 Å². The van der Waals surface area contributed by atoms with Gasteiger partial charge in [0.15, 0.2) is 39.7 Å². The lowest BCUT2D eigenvalue weighted by molar-refractivity contribution is -0.118. The normalized spacial score (nSPS) is 12.4. The highest BCUT2D eigenvalue weighted by Crippen LogP contribution is 2.29. The Morgan fingerprint density at radius 1 is 0.404 bits per heavy atom. The van der Waals surface area contributed by atoms with Gasteiger partial charge in [-0.3, -0.25) is 19.2 Å². The Hall–Kier alpha value is -12.0. The molecule has 114 heavy (non-hydrogen) atoms. The van der Waals surface area contributed by atoms with Crippen LogP contribution in [0.1, 0.15) is 177 Å². The first-order valence-electron chi connectivity index (χ1n) is 38.2. The van der Waals surface area contributed by atoms with Crippen molar-refractivity contribution in [2.45, 2.75) is 90.6 Å². The van der Waals surface area contributed by atoms with Crippen LogP contribution in [-0.4, -0.2) is 178 Å². The quantitative estimate of drug-likeness (QED) is 0.0305. The Morgan fingerprint density at radius 2 is 0.693 bits per heavy atom. The summed E-state index contributed by atoms with van der Waals surface area (Å²) in [5, 5.41) is 33.3. The van der Waals surface area contributed by atoms with E-state index < -0.39 is 78.0 Å². The van der Waals surface area contributed by atoms with Gasteiger partial charge in [-0.15, -0.1) is 20.4 Å². The molecule has 12 aromatic heterocycles. The molecule has 0 saturated carbocycles. The fraction of sp³-hybridized carbons (Fsp3) is 0.278. The van der Waals surface area contributed by atoms with E-state index in [0.717, 1.165) is 10.6 Å². The number of carbonyl (C=O) groups is 8. The minimum absolute atomic E-state index is 0. The van der Waals surface area contributed by atoms with Gasteiger partial charge in [0.1, 0.15) is 28.6 Å². The van der Waals surface area contributed by atoms with Gasteiger partial charge in [-0.1, -0.05) is 46.4 Å². The number of fused-ring (bicyclic) bond motifs is 4. The number of methoxy groups -OCH3 is 6. The molecule has 0 radical (unpaired) electrons. The summed E-state index contributed by atoms with van der Waals surface area (Å²) in [6, 6.07) is 10.5. The summed E-state index contributed by atoms with van der Waals surface area (Å²) in [6.45, 7) is 6.96. The van der Waals surface area contributed by atoms with Gasteiger partial charge < -0.3 is 50.1 Å². The molecule has 12 rings (SSSR count). The fourth-order valence-corrected chi connectivity index (χ4v) is 12.1. The molecule has 12 heterocycles. The van der Waals surface area contributed by atoms with Crippen molar-refractivity contribution in [2.24, 2.45) is 5.73 Å². The number of ketones is 3. The second kappa shape index (κ2) is 39.4. The highest BCUT2D eigenvalue weighted by molar-refractivity contribution is 6.34. The van der Waals surface area contributed by atoms with E-state index in [1.165, 1.54) is 148 Å². The second-order valence-electron chi connectivity index (χ2n) is 24.3. The van der Waals surface area contributed by atoms with Crippen LogP contribution in [0.3, 0.4) is 0 Å². The molecule has 0 fully saturated rings. The van der Waals surface area contributed by atoms with Crippen molar-refractivity contribution in [2.75, 3.05) is 48.4 Å². The van der Waals surface area contributed by atoms with Gasteiger partial charge in [0.05, 0.1) is 93.4 Å². The number of hydrogen-bond acceptors (Lipinski definition) is 27. The third-order valence-corrected chi connectivity index (χ3v) is 17.7. The van der Waals surface area contributed by atoms with Gasteiger partial charge in [0.25, 0.3) is 5.91 Å². The van der Waals surface area contributed by atoms with Crippen LogP contribution in [0.15, 0.2) is 98.1 Å². The molecule has 0 aliphatic carbocycles. The molecule has 0 unspecified atom stereocenters. The van der Waals surface area contributed by atoms with Crippen molar-refractivity contribution in [3.63, 3.8) is 0 Å². The number of ether oxygens (including phenoxy) is 6. The molecule has 0 aromatic carbocycles. The van der Waals surface area contributed by atoms with Crippen LogP contribution in [0.25, 0.3) is 22.6 Å². The van der Waals surface area contributed by atoms with Gasteiger partial charge in [-0.05, 0) is 68.7 Å². The summed E-state index contributed by atoms with van der Waals surface area (Å²) in [5.41, 5.74) is 17.0. The summed E-state index contributed by atoms with van der Waals surface area (Å²) in [7, 11) is 8.45. The van der Waals surface area contributed by atoms with Crippen molar-refractivity contribution < 1.29 is 111 Å². The van der Waals surface area contributed by atoms with E-state index in [1.807, 2.05) is 0 Å². The van der Waals surface area contributed by atoms with E-state index in [1.54, 1.807) is 27.7 Å². The van der Waals surface area contributed by atoms with E-state index in [-0.39, 0.29) is 117 Å². The van der Waals surface area contributed by atoms with Crippen LogP contribution in [0, 0.1) is 23.8 Å². The highest BCUT2D eigenvalue weighted by Gasteiger charge is 2.27. The number of Topliss-reactive ketones (excluding diaryl/α,β-unsaturated/α-hetero) is 3. The molecule has 6 N–H and O–H groups in total. The van der Waals surface area contributed by atoms with Crippen molar-refractivity contribution in [1.29, 1.82) is 0 Å². The van der Waals surface area contributed by atoms with Crippen LogP contribution in [-0.2, 0) is 81.3 Å². The average molecular weight is 1680 g/mol. The molecule has 0 spiro atoms. The highest BCUT2D eigenvalue weighted by atomic mass is 35.5. The molecular formula is C72H80Cl4F4N18O16. The third kappa shape index (κ3) is 21.8. The molecule has 0 aliphatic heterocycles. The number of aromatic nitrogens is 16. The Kier molecular flexibility index (Phi) is 27.7. The summed E-state index contributed by atoms with van der Waals surface area (Å²) in [4.78, 5) is 125. The molecule has 0 saturated heterocycles. The largest absolute Gasteiger partial charge is 0.478 e. The van der Waals surface area contributed by atoms with E-state index in [0.29, 0.717) is 73.1 Å². The number of nitrogens with zero attached hydrogens (tertiary/aromatic N) is 16. The Labute approximate surface area is 679 Å². The summed E-state index contributed by atoms with van der Waals surface area (Å²) < 4.78 is 139. The summed E-state index contributed by atoms with van der Waals surface area (Å²) in [5.74, 6) is -7.59. The lowest BCUT2D eigenvalue weighted by Gasteiger charge is -2.16.